The number of aliphatic carboxylic acids is 1. The molecule has 12 heteroatoms. The molecule has 2 aromatic carbocycles. The molecule has 3 unspecified atom stereocenters. The highest BCUT2D eigenvalue weighted by Gasteiger charge is 2.45. The predicted molar refractivity (Wildman–Crippen MR) is 149 cm³/mol. The molecule has 0 radical (unpaired) electrons. The van der Waals surface area contributed by atoms with Crippen LogP contribution in [0.4, 0.5) is 5.69 Å². The monoisotopic (exact) mass is 590 g/mol. The molecular formula is C27H27ClN2O7S2. The number of halogens is 1. The van der Waals surface area contributed by atoms with E-state index in [2.05, 4.69) is 5.32 Å². The van der Waals surface area contributed by atoms with Gasteiger partial charge in [-0.1, -0.05) is 54.1 Å². The summed E-state index contributed by atoms with van der Waals surface area (Å²) in [4.78, 5) is 23.0. The molecule has 1 saturated carbocycles. The number of piperidine rings is 2. The molecule has 3 atom stereocenters. The van der Waals surface area contributed by atoms with Crippen LogP contribution in [0.1, 0.15) is 34.5 Å². The summed E-state index contributed by atoms with van der Waals surface area (Å²) in [5.74, 6) is -2.51. The molecular weight excluding hydrogens is 564 g/mol. The second-order valence-corrected chi connectivity index (χ2v) is 13.1. The molecule has 0 amide bonds. The number of fused-ring (bicyclic) bond motifs is 3. The number of benzene rings is 2. The Morgan fingerprint density at radius 1 is 1.10 bits per heavy atom. The van der Waals surface area contributed by atoms with Gasteiger partial charge in [0.15, 0.2) is 17.2 Å². The van der Waals surface area contributed by atoms with Crippen LogP contribution in [-0.4, -0.2) is 60.1 Å². The Kier molecular flexibility index (Phi) is 7.86. The Morgan fingerprint density at radius 2 is 1.87 bits per heavy atom. The number of carboxylic acids is 2. The van der Waals surface area contributed by atoms with Gasteiger partial charge >= 0.3 is 11.9 Å². The van der Waals surface area contributed by atoms with Gasteiger partial charge in [0.05, 0.1) is 10.6 Å². The SMILES string of the molecule is O=C(O)COc1c(C(=O)O)sc(-c2cccc(NC3CC4CCC3CN4S(=O)(=O)Cc3ccccc3)c2)c1Cl. The van der Waals surface area contributed by atoms with Crippen molar-refractivity contribution in [1.82, 2.24) is 4.31 Å². The molecule has 1 aromatic heterocycles. The molecule has 3 aliphatic rings. The van der Waals surface area contributed by atoms with Crippen LogP contribution in [0.15, 0.2) is 54.6 Å². The van der Waals surface area contributed by atoms with Gasteiger partial charge in [0.25, 0.3) is 0 Å². The van der Waals surface area contributed by atoms with E-state index < -0.39 is 28.6 Å². The smallest absolute Gasteiger partial charge is 0.349 e. The number of sulfonamides is 1. The van der Waals surface area contributed by atoms with E-state index in [1.165, 1.54) is 0 Å². The Balaban J connectivity index is 1.31. The summed E-state index contributed by atoms with van der Waals surface area (Å²) < 4.78 is 33.3. The molecule has 9 nitrogen and oxygen atoms in total. The van der Waals surface area contributed by atoms with Gasteiger partial charge in [-0.2, -0.15) is 4.31 Å². The summed E-state index contributed by atoms with van der Waals surface area (Å²) in [5.41, 5.74) is 2.24. The Hall–Kier alpha value is -3.12. The third kappa shape index (κ3) is 5.91. The third-order valence-electron chi connectivity index (χ3n) is 7.16. The highest BCUT2D eigenvalue weighted by molar-refractivity contribution is 7.88. The molecule has 3 heterocycles. The Labute approximate surface area is 235 Å². The van der Waals surface area contributed by atoms with Crippen LogP contribution in [-0.2, 0) is 20.6 Å². The molecule has 2 aliphatic heterocycles. The maximum atomic E-state index is 13.2. The van der Waals surface area contributed by atoms with E-state index in [-0.39, 0.29) is 39.4 Å². The van der Waals surface area contributed by atoms with E-state index in [1.54, 1.807) is 10.4 Å². The van der Waals surface area contributed by atoms with Gasteiger partial charge in [0.1, 0.15) is 5.02 Å². The zero-order valence-corrected chi connectivity index (χ0v) is 23.1. The predicted octanol–water partition coefficient (Wildman–Crippen LogP) is 5.02. The Morgan fingerprint density at radius 3 is 2.54 bits per heavy atom. The van der Waals surface area contributed by atoms with Crippen LogP contribution in [0.5, 0.6) is 5.75 Å². The number of carboxylic acid groups (broad SMARTS) is 2. The first-order chi connectivity index (χ1) is 18.6. The lowest BCUT2D eigenvalue weighted by Gasteiger charge is -2.49. The van der Waals surface area contributed by atoms with Crippen molar-refractivity contribution >= 4 is 50.6 Å². The second kappa shape index (κ2) is 11.2. The molecule has 3 fully saturated rings. The summed E-state index contributed by atoms with van der Waals surface area (Å²) >= 11 is 7.37. The van der Waals surface area contributed by atoms with Crippen molar-refractivity contribution in [3.63, 3.8) is 0 Å². The summed E-state index contributed by atoms with van der Waals surface area (Å²) in [7, 11) is -3.43. The van der Waals surface area contributed by atoms with Crippen LogP contribution in [0.2, 0.25) is 5.02 Å². The fraction of sp³-hybridized carbons (Fsp3) is 0.333. The van der Waals surface area contributed by atoms with Crippen LogP contribution in [0.3, 0.4) is 0 Å². The van der Waals surface area contributed by atoms with Gasteiger partial charge < -0.3 is 20.3 Å². The van der Waals surface area contributed by atoms with Gasteiger partial charge in [-0.15, -0.1) is 11.3 Å². The van der Waals surface area contributed by atoms with E-state index in [9.17, 15) is 23.1 Å². The standard InChI is InChI=1S/C27H27ClN2O7S2/c28-23-24(37-14-22(31)32)26(27(33)34)38-25(23)17-7-4-8-19(11-17)29-21-12-20-10-9-18(21)13-30(20)39(35,36)15-16-5-2-1-3-6-16/h1-8,11,18,20-21,29H,9-10,12-15H2,(H,31,32)(H,33,34). The minimum absolute atomic E-state index is 0.00469. The molecule has 206 valence electrons. The van der Waals surface area contributed by atoms with Crippen LogP contribution >= 0.6 is 22.9 Å². The van der Waals surface area contributed by atoms with Gasteiger partial charge in [0.2, 0.25) is 10.0 Å². The van der Waals surface area contributed by atoms with Gasteiger partial charge in [-0.3, -0.25) is 0 Å². The number of anilines is 1. The highest BCUT2D eigenvalue weighted by Crippen LogP contribution is 2.46. The molecule has 6 rings (SSSR count). The van der Waals surface area contributed by atoms with Crippen molar-refractivity contribution < 1.29 is 33.0 Å². The third-order valence-corrected chi connectivity index (χ3v) is 10.7. The molecule has 3 aromatic rings. The van der Waals surface area contributed by atoms with Crippen molar-refractivity contribution in [2.45, 2.75) is 37.1 Å². The number of hydrogen-bond donors (Lipinski definition) is 3. The Bertz CT molecular complexity index is 1490. The van der Waals surface area contributed by atoms with Crippen molar-refractivity contribution in [1.29, 1.82) is 0 Å². The number of carbonyl (C=O) groups is 2. The van der Waals surface area contributed by atoms with E-state index >= 15 is 0 Å². The fourth-order valence-corrected chi connectivity index (χ4v) is 8.65. The number of ether oxygens (including phenoxy) is 1. The zero-order valence-electron chi connectivity index (χ0n) is 20.7. The molecule has 1 aliphatic carbocycles. The molecule has 0 spiro atoms. The first-order valence-corrected chi connectivity index (χ1v) is 15.2. The number of hydrogen-bond acceptors (Lipinski definition) is 7. The zero-order chi connectivity index (χ0) is 27.7. The maximum Gasteiger partial charge on any atom is 0.349 e. The second-order valence-electron chi connectivity index (χ2n) is 9.76. The summed E-state index contributed by atoms with van der Waals surface area (Å²) in [6, 6.07) is 16.6. The highest BCUT2D eigenvalue weighted by atomic mass is 35.5. The quantitative estimate of drug-likeness (QED) is 0.300. The number of nitrogens with zero attached hydrogens (tertiary/aromatic N) is 1. The van der Waals surface area contributed by atoms with Gasteiger partial charge in [-0.25, -0.2) is 18.0 Å². The van der Waals surface area contributed by atoms with Gasteiger partial charge in [-0.05, 0) is 48.4 Å². The van der Waals surface area contributed by atoms with E-state index in [0.717, 1.165) is 35.4 Å². The minimum atomic E-state index is -3.43. The van der Waals surface area contributed by atoms with E-state index in [4.69, 9.17) is 21.4 Å². The first-order valence-electron chi connectivity index (χ1n) is 12.4. The molecule has 2 bridgehead atoms. The lowest BCUT2D eigenvalue weighted by molar-refractivity contribution is -0.139. The largest absolute Gasteiger partial charge is 0.479 e. The number of aromatic carboxylic acids is 1. The number of thiophene rings is 1. The normalized spacial score (nSPS) is 21.0. The first kappa shape index (κ1) is 27.4. The van der Waals surface area contributed by atoms with Crippen LogP contribution in [0.25, 0.3) is 10.4 Å². The van der Waals surface area contributed by atoms with Crippen molar-refractivity contribution in [3.05, 3.63) is 70.1 Å². The topological polar surface area (TPSA) is 133 Å². The van der Waals surface area contributed by atoms with Crippen molar-refractivity contribution in [2.75, 3.05) is 18.5 Å². The summed E-state index contributed by atoms with van der Waals surface area (Å²) in [6.45, 7) is -0.236. The molecule has 3 N–H and O–H groups in total. The number of rotatable bonds is 10. The van der Waals surface area contributed by atoms with E-state index in [0.29, 0.717) is 23.4 Å². The van der Waals surface area contributed by atoms with Crippen LogP contribution in [0, 0.1) is 5.92 Å². The minimum Gasteiger partial charge on any atom is -0.479 e. The molecule has 39 heavy (non-hydrogen) atoms. The molecule has 2 saturated heterocycles. The number of nitrogens with one attached hydrogen (secondary N) is 1. The lowest BCUT2D eigenvalue weighted by atomic mass is 9.77. The fourth-order valence-electron chi connectivity index (χ4n) is 5.41. The summed E-state index contributed by atoms with van der Waals surface area (Å²) in [5, 5.41) is 22.1. The van der Waals surface area contributed by atoms with E-state index in [1.807, 2.05) is 48.5 Å². The van der Waals surface area contributed by atoms with Crippen LogP contribution < -0.4 is 10.1 Å². The van der Waals surface area contributed by atoms with Crippen molar-refractivity contribution in [2.24, 2.45) is 5.92 Å². The lowest BCUT2D eigenvalue weighted by Crippen LogP contribution is -2.57. The maximum absolute atomic E-state index is 13.2. The van der Waals surface area contributed by atoms with Crippen molar-refractivity contribution in [3.8, 4) is 16.2 Å². The average molecular weight is 591 g/mol. The average Bonchev–Trinajstić information content (AvgIpc) is 3.24. The van der Waals surface area contributed by atoms with Gasteiger partial charge in [0, 0.05) is 24.3 Å². The summed E-state index contributed by atoms with van der Waals surface area (Å²) in [6.07, 6.45) is 2.46.